The number of hydrogen-bond donors (Lipinski definition) is 2. The Hall–Kier alpha value is 0.220. The lowest BCUT2D eigenvalue weighted by atomic mass is 10.2. The van der Waals surface area contributed by atoms with E-state index in [2.05, 4.69) is 10.0 Å². The maximum atomic E-state index is 11.7. The van der Waals surface area contributed by atoms with E-state index < -0.39 is 10.0 Å². The van der Waals surface area contributed by atoms with Crippen LogP contribution in [0.3, 0.4) is 0 Å². The summed E-state index contributed by atoms with van der Waals surface area (Å²) in [6.07, 6.45) is 3.70. The summed E-state index contributed by atoms with van der Waals surface area (Å²) in [5.74, 6) is 0.833. The van der Waals surface area contributed by atoms with Crippen LogP contribution < -0.4 is 10.0 Å². The van der Waals surface area contributed by atoms with E-state index in [0.717, 1.165) is 25.1 Å². The Kier molecular flexibility index (Phi) is 5.22. The van der Waals surface area contributed by atoms with Crippen molar-refractivity contribution in [1.82, 2.24) is 10.0 Å². The molecule has 1 heterocycles. The fraction of sp³-hybridized carbons (Fsp3) is 1.00. The zero-order valence-corrected chi connectivity index (χ0v) is 10.1. The first-order valence-corrected chi connectivity index (χ1v) is 7.79. The highest BCUT2D eigenvalue weighted by molar-refractivity contribution is 7.98. The van der Waals surface area contributed by atoms with Crippen LogP contribution in [-0.2, 0) is 10.0 Å². The third-order valence-electron chi connectivity index (χ3n) is 2.30. The Morgan fingerprint density at radius 2 is 2.36 bits per heavy atom. The number of sulfonamides is 1. The highest BCUT2D eigenvalue weighted by Crippen LogP contribution is 2.10. The molecule has 1 aliphatic rings. The van der Waals surface area contributed by atoms with Crippen molar-refractivity contribution in [3.05, 3.63) is 0 Å². The number of piperidine rings is 1. The van der Waals surface area contributed by atoms with Crippen molar-refractivity contribution in [2.24, 2.45) is 0 Å². The third kappa shape index (κ3) is 3.76. The van der Waals surface area contributed by atoms with Crippen molar-refractivity contribution in [2.45, 2.75) is 18.1 Å². The van der Waals surface area contributed by atoms with Gasteiger partial charge in [0.15, 0.2) is 0 Å². The van der Waals surface area contributed by atoms with Gasteiger partial charge >= 0.3 is 0 Å². The highest BCUT2D eigenvalue weighted by atomic mass is 32.2. The Morgan fingerprint density at radius 3 is 2.93 bits per heavy atom. The maximum absolute atomic E-state index is 11.7. The fourth-order valence-corrected chi connectivity index (χ4v) is 3.36. The predicted molar refractivity (Wildman–Crippen MR) is 61.2 cm³/mol. The van der Waals surface area contributed by atoms with E-state index in [-0.39, 0.29) is 5.25 Å². The van der Waals surface area contributed by atoms with Gasteiger partial charge in [-0.2, -0.15) is 11.8 Å². The Labute approximate surface area is 90.3 Å². The second-order valence-electron chi connectivity index (χ2n) is 3.40. The summed E-state index contributed by atoms with van der Waals surface area (Å²) in [6.45, 7) is 2.07. The lowest BCUT2D eigenvalue weighted by Gasteiger charge is -2.22. The average molecular weight is 238 g/mol. The summed E-state index contributed by atoms with van der Waals surface area (Å²) < 4.78 is 26.0. The topological polar surface area (TPSA) is 58.2 Å². The molecule has 84 valence electrons. The smallest absolute Gasteiger partial charge is 0.215 e. The summed E-state index contributed by atoms with van der Waals surface area (Å²) in [6, 6.07) is 0. The fourth-order valence-electron chi connectivity index (χ4n) is 1.49. The van der Waals surface area contributed by atoms with Gasteiger partial charge in [0, 0.05) is 18.8 Å². The molecule has 2 N–H and O–H groups in total. The molecule has 0 amide bonds. The second kappa shape index (κ2) is 5.95. The Bertz CT molecular complexity index is 248. The van der Waals surface area contributed by atoms with Crippen LogP contribution in [0.15, 0.2) is 0 Å². The van der Waals surface area contributed by atoms with Crippen molar-refractivity contribution >= 4 is 21.8 Å². The van der Waals surface area contributed by atoms with E-state index in [1.165, 1.54) is 0 Å². The molecule has 0 bridgehead atoms. The molecule has 0 aromatic heterocycles. The Balaban J connectivity index is 2.38. The van der Waals surface area contributed by atoms with Gasteiger partial charge in [-0.15, -0.1) is 0 Å². The van der Waals surface area contributed by atoms with Crippen LogP contribution in [0.25, 0.3) is 0 Å². The molecule has 1 unspecified atom stereocenters. The van der Waals surface area contributed by atoms with Crippen molar-refractivity contribution < 1.29 is 8.42 Å². The third-order valence-corrected chi connectivity index (χ3v) is 4.80. The van der Waals surface area contributed by atoms with Gasteiger partial charge in [-0.05, 0) is 25.6 Å². The van der Waals surface area contributed by atoms with Gasteiger partial charge in [0.1, 0.15) is 0 Å². The van der Waals surface area contributed by atoms with Crippen molar-refractivity contribution in [3.8, 4) is 0 Å². The molecule has 1 aliphatic heterocycles. The van der Waals surface area contributed by atoms with Crippen molar-refractivity contribution in [1.29, 1.82) is 0 Å². The molecule has 0 aromatic carbocycles. The molecular weight excluding hydrogens is 220 g/mol. The Morgan fingerprint density at radius 1 is 1.57 bits per heavy atom. The molecule has 0 aliphatic carbocycles. The minimum Gasteiger partial charge on any atom is -0.315 e. The molecule has 1 rings (SSSR count). The molecule has 1 fully saturated rings. The summed E-state index contributed by atoms with van der Waals surface area (Å²) >= 11 is 1.65. The summed E-state index contributed by atoms with van der Waals surface area (Å²) in [5.41, 5.74) is 0. The van der Waals surface area contributed by atoms with E-state index in [9.17, 15) is 8.42 Å². The van der Waals surface area contributed by atoms with Gasteiger partial charge in [0.2, 0.25) is 10.0 Å². The van der Waals surface area contributed by atoms with Crippen LogP contribution in [0.5, 0.6) is 0 Å². The van der Waals surface area contributed by atoms with Gasteiger partial charge in [0.05, 0.1) is 5.25 Å². The quantitative estimate of drug-likeness (QED) is 0.663. The minimum atomic E-state index is -3.08. The molecule has 1 atom stereocenters. The normalized spacial score (nSPS) is 23.6. The van der Waals surface area contributed by atoms with Crippen LogP contribution in [0.1, 0.15) is 12.8 Å². The van der Waals surface area contributed by atoms with Crippen molar-refractivity contribution in [2.75, 3.05) is 31.6 Å². The van der Waals surface area contributed by atoms with Crippen LogP contribution in [0.4, 0.5) is 0 Å². The van der Waals surface area contributed by atoms with Crippen molar-refractivity contribution in [3.63, 3.8) is 0 Å². The molecule has 4 nitrogen and oxygen atoms in total. The molecule has 14 heavy (non-hydrogen) atoms. The minimum absolute atomic E-state index is 0.238. The molecule has 0 radical (unpaired) electrons. The van der Waals surface area contributed by atoms with E-state index in [4.69, 9.17) is 0 Å². The van der Waals surface area contributed by atoms with Crippen LogP contribution in [0.2, 0.25) is 0 Å². The molecule has 0 aromatic rings. The average Bonchev–Trinajstić information content (AvgIpc) is 2.19. The van der Waals surface area contributed by atoms with E-state index in [1.54, 1.807) is 11.8 Å². The SMILES string of the molecule is CSCCNS(=O)(=O)C1CCCNC1. The summed E-state index contributed by atoms with van der Waals surface area (Å²) in [4.78, 5) is 0. The van der Waals surface area contributed by atoms with Gasteiger partial charge in [-0.3, -0.25) is 0 Å². The monoisotopic (exact) mass is 238 g/mol. The summed E-state index contributed by atoms with van der Waals surface area (Å²) in [5, 5.41) is 2.87. The number of rotatable bonds is 5. The molecule has 6 heteroatoms. The van der Waals surface area contributed by atoms with Gasteiger partial charge in [0.25, 0.3) is 0 Å². The van der Waals surface area contributed by atoms with Crippen LogP contribution >= 0.6 is 11.8 Å². The summed E-state index contributed by atoms with van der Waals surface area (Å²) in [7, 11) is -3.08. The van der Waals surface area contributed by atoms with Gasteiger partial charge < -0.3 is 5.32 Å². The highest BCUT2D eigenvalue weighted by Gasteiger charge is 2.26. The second-order valence-corrected chi connectivity index (χ2v) is 6.43. The molecule has 0 saturated carbocycles. The zero-order valence-electron chi connectivity index (χ0n) is 8.45. The zero-order chi connectivity index (χ0) is 10.4. The first kappa shape index (κ1) is 12.3. The number of nitrogens with one attached hydrogen (secondary N) is 2. The number of hydrogen-bond acceptors (Lipinski definition) is 4. The largest absolute Gasteiger partial charge is 0.315 e. The van der Waals surface area contributed by atoms with E-state index >= 15 is 0 Å². The standard InChI is InChI=1S/C8H18N2O2S2/c1-13-6-5-10-14(11,12)8-3-2-4-9-7-8/h8-10H,2-7H2,1H3. The van der Waals surface area contributed by atoms with Gasteiger partial charge in [-0.1, -0.05) is 0 Å². The van der Waals surface area contributed by atoms with Crippen LogP contribution in [0, 0.1) is 0 Å². The van der Waals surface area contributed by atoms with E-state index in [1.807, 2.05) is 6.26 Å². The lowest BCUT2D eigenvalue weighted by molar-refractivity contribution is 0.491. The molecule has 1 saturated heterocycles. The van der Waals surface area contributed by atoms with Gasteiger partial charge in [-0.25, -0.2) is 13.1 Å². The number of thioether (sulfide) groups is 1. The molecule has 0 spiro atoms. The lowest BCUT2D eigenvalue weighted by Crippen LogP contribution is -2.44. The molecular formula is C8H18N2O2S2. The predicted octanol–water partition coefficient (Wildman–Crippen LogP) is 0.0208. The van der Waals surface area contributed by atoms with E-state index in [0.29, 0.717) is 13.1 Å². The first-order valence-electron chi connectivity index (χ1n) is 4.85. The van der Waals surface area contributed by atoms with Crippen LogP contribution in [-0.4, -0.2) is 45.3 Å². The maximum Gasteiger partial charge on any atom is 0.215 e. The first-order chi connectivity index (χ1) is 6.67.